The zero-order chi connectivity index (χ0) is 12.3. The van der Waals surface area contributed by atoms with Gasteiger partial charge < -0.3 is 0 Å². The fourth-order valence-electron chi connectivity index (χ4n) is 2.43. The molecule has 1 unspecified atom stereocenters. The number of nitrogens with zero attached hydrogens (tertiary/aromatic N) is 2. The molecule has 17 heavy (non-hydrogen) atoms. The highest BCUT2D eigenvalue weighted by atomic mass is 79.9. The third-order valence-electron chi connectivity index (χ3n) is 3.75. The van der Waals surface area contributed by atoms with Gasteiger partial charge >= 0.3 is 0 Å². The largest absolute Gasteiger partial charge is 0.269 e. The number of aromatic nitrogens is 2. The van der Waals surface area contributed by atoms with Gasteiger partial charge in [-0.15, -0.1) is 6.58 Å². The van der Waals surface area contributed by atoms with Crippen LogP contribution in [0.25, 0.3) is 0 Å². The Morgan fingerprint density at radius 3 is 2.88 bits per heavy atom. The molecule has 0 radical (unpaired) electrons. The van der Waals surface area contributed by atoms with E-state index in [1.807, 2.05) is 6.08 Å². The molecule has 1 aliphatic carbocycles. The molecule has 0 aromatic carbocycles. The lowest BCUT2D eigenvalue weighted by Crippen LogP contribution is -2.18. The summed E-state index contributed by atoms with van der Waals surface area (Å²) in [6, 6.07) is 2.80. The molecule has 94 valence electrons. The van der Waals surface area contributed by atoms with Gasteiger partial charge in [-0.3, -0.25) is 4.68 Å². The van der Waals surface area contributed by atoms with E-state index in [2.05, 4.69) is 46.4 Å². The van der Waals surface area contributed by atoms with Gasteiger partial charge in [0.05, 0.1) is 11.7 Å². The number of alkyl halides is 1. The summed E-state index contributed by atoms with van der Waals surface area (Å²) in [6.45, 7) is 6.13. The maximum absolute atomic E-state index is 4.72. The number of allylic oxidation sites excluding steroid dienone is 1. The smallest absolute Gasteiger partial charge is 0.0633 e. The lowest BCUT2D eigenvalue weighted by atomic mass is 9.88. The molecule has 1 aromatic rings. The standard InChI is InChI=1S/C14H21BrN2/c1-3-14(2,11-15)10-12-8-9-17(16-12)13-6-4-5-7-13/h3,8-9,13H,1,4-7,10-11H2,2H3. The maximum atomic E-state index is 4.72. The third kappa shape index (κ3) is 3.01. The molecule has 1 aromatic heterocycles. The van der Waals surface area contributed by atoms with E-state index >= 15 is 0 Å². The first-order chi connectivity index (χ1) is 8.17. The first-order valence-corrected chi connectivity index (χ1v) is 7.52. The molecule has 2 nitrogen and oxygen atoms in total. The van der Waals surface area contributed by atoms with Crippen molar-refractivity contribution in [2.75, 3.05) is 5.33 Å². The molecule has 1 heterocycles. The Hall–Kier alpha value is -0.570. The second kappa shape index (κ2) is 5.38. The van der Waals surface area contributed by atoms with Crippen molar-refractivity contribution in [2.45, 2.75) is 45.1 Å². The molecular formula is C14H21BrN2. The molecule has 1 saturated carbocycles. The van der Waals surface area contributed by atoms with E-state index < -0.39 is 0 Å². The topological polar surface area (TPSA) is 17.8 Å². The molecule has 0 saturated heterocycles. The first kappa shape index (κ1) is 12.9. The van der Waals surface area contributed by atoms with Crippen LogP contribution in [0.2, 0.25) is 0 Å². The molecular weight excluding hydrogens is 276 g/mol. The van der Waals surface area contributed by atoms with Crippen molar-refractivity contribution in [3.05, 3.63) is 30.6 Å². The summed E-state index contributed by atoms with van der Waals surface area (Å²) in [4.78, 5) is 0. The second-order valence-corrected chi connectivity index (χ2v) is 5.95. The SMILES string of the molecule is C=CC(C)(CBr)Cc1ccn(C2CCCC2)n1. The van der Waals surface area contributed by atoms with Gasteiger partial charge in [0.15, 0.2) is 0 Å². The van der Waals surface area contributed by atoms with Crippen molar-refractivity contribution < 1.29 is 0 Å². The fraction of sp³-hybridized carbons (Fsp3) is 0.643. The summed E-state index contributed by atoms with van der Waals surface area (Å²) in [5, 5.41) is 5.65. The van der Waals surface area contributed by atoms with Gasteiger partial charge in [-0.2, -0.15) is 5.10 Å². The zero-order valence-electron chi connectivity index (χ0n) is 10.5. The summed E-state index contributed by atoms with van der Waals surface area (Å²) in [5.74, 6) is 0. The highest BCUT2D eigenvalue weighted by Crippen LogP contribution is 2.30. The molecule has 2 rings (SSSR count). The van der Waals surface area contributed by atoms with Crippen LogP contribution in [0.1, 0.15) is 44.3 Å². The number of hydrogen-bond acceptors (Lipinski definition) is 1. The second-order valence-electron chi connectivity index (χ2n) is 5.39. The van der Waals surface area contributed by atoms with Gasteiger partial charge in [0.25, 0.3) is 0 Å². The highest BCUT2D eigenvalue weighted by Gasteiger charge is 2.22. The average Bonchev–Trinajstić information content (AvgIpc) is 2.98. The van der Waals surface area contributed by atoms with Gasteiger partial charge in [0, 0.05) is 23.4 Å². The predicted molar refractivity (Wildman–Crippen MR) is 75.5 cm³/mol. The van der Waals surface area contributed by atoms with E-state index in [4.69, 9.17) is 5.10 Å². The Balaban J connectivity index is 2.05. The van der Waals surface area contributed by atoms with Crippen molar-refractivity contribution in [1.82, 2.24) is 9.78 Å². The molecule has 0 bridgehead atoms. The molecule has 0 spiro atoms. The van der Waals surface area contributed by atoms with Crippen LogP contribution in [-0.4, -0.2) is 15.1 Å². The Morgan fingerprint density at radius 2 is 2.29 bits per heavy atom. The Labute approximate surface area is 112 Å². The van der Waals surface area contributed by atoms with Crippen molar-refractivity contribution in [1.29, 1.82) is 0 Å². The normalized spacial score (nSPS) is 20.4. The van der Waals surface area contributed by atoms with Gasteiger partial charge in [0.2, 0.25) is 0 Å². The quantitative estimate of drug-likeness (QED) is 0.590. The summed E-state index contributed by atoms with van der Waals surface area (Å²) >= 11 is 3.56. The van der Waals surface area contributed by atoms with Crippen LogP contribution in [0.15, 0.2) is 24.9 Å². The van der Waals surface area contributed by atoms with Crippen molar-refractivity contribution >= 4 is 15.9 Å². The van der Waals surface area contributed by atoms with E-state index in [0.717, 1.165) is 11.8 Å². The average molecular weight is 297 g/mol. The molecule has 1 fully saturated rings. The Morgan fingerprint density at radius 1 is 1.59 bits per heavy atom. The van der Waals surface area contributed by atoms with E-state index in [1.54, 1.807) is 0 Å². The lowest BCUT2D eigenvalue weighted by Gasteiger charge is -2.21. The number of rotatable bonds is 5. The third-order valence-corrected chi connectivity index (χ3v) is 5.03. The van der Waals surface area contributed by atoms with Gasteiger partial charge in [-0.1, -0.05) is 41.8 Å². The van der Waals surface area contributed by atoms with Crippen LogP contribution in [0.5, 0.6) is 0 Å². The summed E-state index contributed by atoms with van der Waals surface area (Å²) in [5.41, 5.74) is 1.29. The summed E-state index contributed by atoms with van der Waals surface area (Å²) < 4.78 is 2.17. The van der Waals surface area contributed by atoms with E-state index in [9.17, 15) is 0 Å². The minimum atomic E-state index is 0.106. The Kier molecular flexibility index (Phi) is 4.08. The first-order valence-electron chi connectivity index (χ1n) is 6.40. The minimum absolute atomic E-state index is 0.106. The Bertz CT molecular complexity index is 379. The zero-order valence-corrected chi connectivity index (χ0v) is 12.1. The minimum Gasteiger partial charge on any atom is -0.269 e. The molecule has 0 aliphatic heterocycles. The highest BCUT2D eigenvalue weighted by molar-refractivity contribution is 9.09. The molecule has 1 aliphatic rings. The fourth-order valence-corrected chi connectivity index (χ4v) is 2.86. The summed E-state index contributed by atoms with van der Waals surface area (Å²) in [6.07, 6.45) is 10.4. The molecule has 3 heteroatoms. The van der Waals surface area contributed by atoms with Crippen LogP contribution < -0.4 is 0 Å². The van der Waals surface area contributed by atoms with E-state index in [-0.39, 0.29) is 5.41 Å². The van der Waals surface area contributed by atoms with Crippen LogP contribution in [-0.2, 0) is 6.42 Å². The lowest BCUT2D eigenvalue weighted by molar-refractivity contribution is 0.445. The van der Waals surface area contributed by atoms with Crippen LogP contribution in [0.3, 0.4) is 0 Å². The van der Waals surface area contributed by atoms with Gasteiger partial charge in [0.1, 0.15) is 0 Å². The van der Waals surface area contributed by atoms with E-state index in [0.29, 0.717) is 6.04 Å². The maximum Gasteiger partial charge on any atom is 0.0633 e. The van der Waals surface area contributed by atoms with Crippen LogP contribution in [0, 0.1) is 5.41 Å². The number of hydrogen-bond donors (Lipinski definition) is 0. The van der Waals surface area contributed by atoms with Crippen molar-refractivity contribution in [2.24, 2.45) is 5.41 Å². The van der Waals surface area contributed by atoms with Gasteiger partial charge in [-0.25, -0.2) is 0 Å². The van der Waals surface area contributed by atoms with Gasteiger partial charge in [-0.05, 0) is 18.9 Å². The van der Waals surface area contributed by atoms with Crippen molar-refractivity contribution in [3.63, 3.8) is 0 Å². The van der Waals surface area contributed by atoms with Crippen molar-refractivity contribution in [3.8, 4) is 0 Å². The molecule has 1 atom stereocenters. The monoisotopic (exact) mass is 296 g/mol. The predicted octanol–water partition coefficient (Wildman–Crippen LogP) is 4.13. The molecule has 0 amide bonds. The number of halogens is 1. The van der Waals surface area contributed by atoms with Crippen LogP contribution in [0.4, 0.5) is 0 Å². The molecule has 0 N–H and O–H groups in total. The van der Waals surface area contributed by atoms with Crippen LogP contribution >= 0.6 is 15.9 Å². The van der Waals surface area contributed by atoms with E-state index in [1.165, 1.54) is 31.4 Å². The summed E-state index contributed by atoms with van der Waals surface area (Å²) in [7, 11) is 0.